The van der Waals surface area contributed by atoms with Crippen LogP contribution >= 0.6 is 0 Å². The summed E-state index contributed by atoms with van der Waals surface area (Å²) in [5.41, 5.74) is 0.988. The first kappa shape index (κ1) is 10.8. The normalized spacial score (nSPS) is 19.1. The average Bonchev–Trinajstić information content (AvgIpc) is 2.26. The molecule has 1 saturated heterocycles. The third kappa shape index (κ3) is 2.10. The zero-order valence-electron chi connectivity index (χ0n) is 9.22. The topological polar surface area (TPSA) is 49.8 Å². The van der Waals surface area contributed by atoms with Crippen molar-refractivity contribution >= 4 is 11.7 Å². The summed E-state index contributed by atoms with van der Waals surface area (Å²) in [4.78, 5) is 12.7. The van der Waals surface area contributed by atoms with E-state index in [-0.39, 0.29) is 6.61 Å². The second kappa shape index (κ2) is 4.43. The summed E-state index contributed by atoms with van der Waals surface area (Å²) < 4.78 is 5.26. The standard InChI is InChI=1S/C12H15NO3/c1-9-6-7-13(9)10-4-2-3-5-11(10)16-8-12(14)15/h2-5,9H,6-8H2,1H3,(H,14,15). The molecule has 0 radical (unpaired) electrons. The number of carboxylic acid groups (broad SMARTS) is 1. The van der Waals surface area contributed by atoms with Gasteiger partial charge in [0.1, 0.15) is 5.75 Å². The van der Waals surface area contributed by atoms with Crippen LogP contribution in [0.2, 0.25) is 0 Å². The minimum absolute atomic E-state index is 0.292. The maximum Gasteiger partial charge on any atom is 0.341 e. The van der Waals surface area contributed by atoms with Gasteiger partial charge in [0.15, 0.2) is 6.61 Å². The van der Waals surface area contributed by atoms with Gasteiger partial charge in [-0.3, -0.25) is 0 Å². The maximum atomic E-state index is 10.5. The van der Waals surface area contributed by atoms with Gasteiger partial charge in [-0.05, 0) is 25.5 Å². The van der Waals surface area contributed by atoms with Gasteiger partial charge < -0.3 is 14.7 Å². The number of anilines is 1. The lowest BCUT2D eigenvalue weighted by Crippen LogP contribution is -2.45. The molecule has 1 aliphatic rings. The molecule has 1 aromatic carbocycles. The van der Waals surface area contributed by atoms with Gasteiger partial charge >= 0.3 is 5.97 Å². The molecule has 0 aromatic heterocycles. The van der Waals surface area contributed by atoms with Crippen molar-refractivity contribution in [1.29, 1.82) is 0 Å². The first-order valence-corrected chi connectivity index (χ1v) is 5.39. The zero-order valence-corrected chi connectivity index (χ0v) is 9.22. The largest absolute Gasteiger partial charge is 0.480 e. The number of carboxylic acids is 1. The number of para-hydroxylation sites is 2. The molecule has 0 amide bonds. The first-order valence-electron chi connectivity index (χ1n) is 5.39. The number of carbonyl (C=O) groups is 1. The molecular weight excluding hydrogens is 206 g/mol. The maximum absolute atomic E-state index is 10.5. The summed E-state index contributed by atoms with van der Waals surface area (Å²) >= 11 is 0. The van der Waals surface area contributed by atoms with E-state index in [1.54, 1.807) is 0 Å². The van der Waals surface area contributed by atoms with Gasteiger partial charge in [-0.25, -0.2) is 4.79 Å². The van der Waals surface area contributed by atoms with E-state index >= 15 is 0 Å². The zero-order chi connectivity index (χ0) is 11.5. The summed E-state index contributed by atoms with van der Waals surface area (Å²) in [5.74, 6) is -0.303. The van der Waals surface area contributed by atoms with E-state index in [2.05, 4.69) is 11.8 Å². The summed E-state index contributed by atoms with van der Waals surface area (Å²) in [6.45, 7) is 2.87. The molecule has 1 aromatic rings. The van der Waals surface area contributed by atoms with Gasteiger partial charge in [0.05, 0.1) is 5.69 Å². The predicted octanol–water partition coefficient (Wildman–Crippen LogP) is 1.75. The molecule has 1 unspecified atom stereocenters. The van der Waals surface area contributed by atoms with Crippen LogP contribution < -0.4 is 9.64 Å². The molecule has 4 heteroatoms. The van der Waals surface area contributed by atoms with Crippen LogP contribution in [0.4, 0.5) is 5.69 Å². The molecule has 0 spiro atoms. The van der Waals surface area contributed by atoms with Crippen LogP contribution in [0.5, 0.6) is 5.75 Å². The minimum atomic E-state index is -0.952. The Morgan fingerprint density at radius 1 is 1.56 bits per heavy atom. The summed E-state index contributed by atoms with van der Waals surface area (Å²) in [6.07, 6.45) is 1.17. The lowest BCUT2D eigenvalue weighted by atomic mass is 10.0. The number of rotatable bonds is 4. The van der Waals surface area contributed by atoms with Crippen molar-refractivity contribution in [1.82, 2.24) is 0 Å². The summed E-state index contributed by atoms with van der Waals surface area (Å²) in [5, 5.41) is 8.59. The number of nitrogens with zero attached hydrogens (tertiary/aromatic N) is 1. The highest BCUT2D eigenvalue weighted by atomic mass is 16.5. The highest BCUT2D eigenvalue weighted by Crippen LogP contribution is 2.34. The molecule has 2 rings (SSSR count). The van der Waals surface area contributed by atoms with Gasteiger partial charge in [0, 0.05) is 12.6 Å². The van der Waals surface area contributed by atoms with Crippen molar-refractivity contribution in [2.45, 2.75) is 19.4 Å². The summed E-state index contributed by atoms with van der Waals surface area (Å²) in [7, 11) is 0. The second-order valence-corrected chi connectivity index (χ2v) is 3.98. The molecule has 0 bridgehead atoms. The van der Waals surface area contributed by atoms with Crippen LogP contribution in [-0.2, 0) is 4.79 Å². The van der Waals surface area contributed by atoms with Crippen LogP contribution in [0.15, 0.2) is 24.3 Å². The first-order chi connectivity index (χ1) is 7.68. The third-order valence-electron chi connectivity index (χ3n) is 2.85. The molecule has 4 nitrogen and oxygen atoms in total. The van der Waals surface area contributed by atoms with Gasteiger partial charge in [-0.2, -0.15) is 0 Å². The average molecular weight is 221 g/mol. The molecule has 16 heavy (non-hydrogen) atoms. The van der Waals surface area contributed by atoms with Crippen LogP contribution in [0, 0.1) is 0 Å². The van der Waals surface area contributed by atoms with Crippen molar-refractivity contribution in [3.63, 3.8) is 0 Å². The lowest BCUT2D eigenvalue weighted by molar-refractivity contribution is -0.139. The Morgan fingerprint density at radius 2 is 2.31 bits per heavy atom. The lowest BCUT2D eigenvalue weighted by Gasteiger charge is -2.41. The summed E-state index contributed by atoms with van der Waals surface area (Å²) in [6, 6.07) is 8.07. The van der Waals surface area contributed by atoms with Gasteiger partial charge in [0.25, 0.3) is 0 Å². The molecule has 0 saturated carbocycles. The smallest absolute Gasteiger partial charge is 0.341 e. The van der Waals surface area contributed by atoms with Gasteiger partial charge in [0.2, 0.25) is 0 Å². The molecule has 0 aliphatic carbocycles. The highest BCUT2D eigenvalue weighted by molar-refractivity contribution is 5.69. The van der Waals surface area contributed by atoms with Gasteiger partial charge in [-0.15, -0.1) is 0 Å². The fourth-order valence-electron chi connectivity index (χ4n) is 1.83. The molecule has 1 heterocycles. The van der Waals surface area contributed by atoms with Crippen molar-refractivity contribution in [2.75, 3.05) is 18.1 Å². The number of aliphatic carboxylic acids is 1. The van der Waals surface area contributed by atoms with Crippen molar-refractivity contribution in [3.8, 4) is 5.75 Å². The number of ether oxygens (including phenoxy) is 1. The molecule has 1 atom stereocenters. The van der Waals surface area contributed by atoms with E-state index in [0.717, 1.165) is 12.2 Å². The van der Waals surface area contributed by atoms with Crippen LogP contribution in [0.25, 0.3) is 0 Å². The monoisotopic (exact) mass is 221 g/mol. The van der Waals surface area contributed by atoms with E-state index < -0.39 is 5.97 Å². The van der Waals surface area contributed by atoms with E-state index in [1.807, 2.05) is 24.3 Å². The molecule has 86 valence electrons. The fourth-order valence-corrected chi connectivity index (χ4v) is 1.83. The number of benzene rings is 1. The van der Waals surface area contributed by atoms with Crippen molar-refractivity contribution < 1.29 is 14.6 Å². The molecule has 1 N–H and O–H groups in total. The number of hydrogen-bond acceptors (Lipinski definition) is 3. The quantitative estimate of drug-likeness (QED) is 0.841. The Morgan fingerprint density at radius 3 is 2.88 bits per heavy atom. The second-order valence-electron chi connectivity index (χ2n) is 3.98. The Labute approximate surface area is 94.4 Å². The van der Waals surface area contributed by atoms with E-state index in [1.165, 1.54) is 6.42 Å². The van der Waals surface area contributed by atoms with Gasteiger partial charge in [-0.1, -0.05) is 12.1 Å². The van der Waals surface area contributed by atoms with E-state index in [4.69, 9.17) is 9.84 Å². The van der Waals surface area contributed by atoms with E-state index in [0.29, 0.717) is 11.8 Å². The molecule has 1 aliphatic heterocycles. The third-order valence-corrected chi connectivity index (χ3v) is 2.85. The molecular formula is C12H15NO3. The SMILES string of the molecule is CC1CCN1c1ccccc1OCC(=O)O. The van der Waals surface area contributed by atoms with Crippen molar-refractivity contribution in [2.24, 2.45) is 0 Å². The van der Waals surface area contributed by atoms with Crippen LogP contribution in [-0.4, -0.2) is 30.3 Å². The van der Waals surface area contributed by atoms with Crippen LogP contribution in [0.1, 0.15) is 13.3 Å². The van der Waals surface area contributed by atoms with Crippen molar-refractivity contribution in [3.05, 3.63) is 24.3 Å². The Balaban J connectivity index is 2.13. The highest BCUT2D eigenvalue weighted by Gasteiger charge is 2.25. The Bertz CT molecular complexity index is 392. The predicted molar refractivity (Wildman–Crippen MR) is 61.0 cm³/mol. The Hall–Kier alpha value is -1.71. The minimum Gasteiger partial charge on any atom is -0.480 e. The number of hydrogen-bond donors (Lipinski definition) is 1. The molecule has 1 fully saturated rings. The Kier molecular flexibility index (Phi) is 2.99. The fraction of sp³-hybridized carbons (Fsp3) is 0.417. The van der Waals surface area contributed by atoms with E-state index in [9.17, 15) is 4.79 Å². The van der Waals surface area contributed by atoms with Crippen LogP contribution in [0.3, 0.4) is 0 Å².